The molecule has 0 atom stereocenters. The topological polar surface area (TPSA) is 55.8 Å². The van der Waals surface area contributed by atoms with Gasteiger partial charge < -0.3 is 9.47 Å². The molecular weight excluding hydrogens is 231 g/mol. The number of rotatable bonds is 1. The van der Waals surface area contributed by atoms with Crippen molar-refractivity contribution in [2.24, 2.45) is 0 Å². The molecule has 8 heteroatoms. The van der Waals surface area contributed by atoms with Gasteiger partial charge in [-0.1, -0.05) is 0 Å². The molecule has 5 nitrogen and oxygen atoms in total. The summed E-state index contributed by atoms with van der Waals surface area (Å²) in [7, 11) is 1.08. The first-order valence-corrected chi connectivity index (χ1v) is 4.17. The van der Waals surface area contributed by atoms with E-state index < -0.39 is 23.8 Å². The summed E-state index contributed by atoms with van der Waals surface area (Å²) in [5, 5.41) is 0. The molecule has 0 saturated carbocycles. The predicted octanol–water partition coefficient (Wildman–Crippen LogP) is 1.06. The largest absolute Gasteiger partial charge is 0.486 e. The normalized spacial score (nSPS) is 16.2. The zero-order chi connectivity index (χ0) is 12.3. The van der Waals surface area contributed by atoms with Gasteiger partial charge in [-0.15, -0.1) is 0 Å². The Balaban J connectivity index is 2.85. The highest BCUT2D eigenvalue weighted by atomic mass is 19.4. The van der Waals surface area contributed by atoms with Gasteiger partial charge in [-0.2, -0.15) is 13.2 Å². The smallest absolute Gasteiger partial charge is 0.458 e. The fourth-order valence-electron chi connectivity index (χ4n) is 1.02. The average Bonchev–Trinajstić information content (AvgIpc) is 2.26. The van der Waals surface area contributed by atoms with Crippen LogP contribution in [0, 0.1) is 0 Å². The maximum Gasteiger partial charge on any atom is 0.458 e. The van der Waals surface area contributed by atoms with Crippen molar-refractivity contribution in [1.82, 2.24) is 4.90 Å². The Morgan fingerprint density at radius 2 is 2.12 bits per heavy atom. The second-order valence-electron chi connectivity index (χ2n) is 2.83. The molecule has 0 saturated heterocycles. The van der Waals surface area contributed by atoms with Gasteiger partial charge >= 0.3 is 18.1 Å². The molecular formula is C8H8F3NO4. The van der Waals surface area contributed by atoms with Crippen LogP contribution in [0.5, 0.6) is 0 Å². The number of halogens is 3. The van der Waals surface area contributed by atoms with Crippen LogP contribution in [0.4, 0.5) is 18.0 Å². The minimum Gasteiger partial charge on any atom is -0.486 e. The van der Waals surface area contributed by atoms with E-state index in [-0.39, 0.29) is 13.2 Å². The summed E-state index contributed by atoms with van der Waals surface area (Å²) in [6, 6.07) is 0. The number of alkyl halides is 3. The van der Waals surface area contributed by atoms with Crippen molar-refractivity contribution < 1.29 is 32.2 Å². The molecule has 0 aromatic heterocycles. The molecule has 0 radical (unpaired) electrons. The minimum absolute atomic E-state index is 0.0291. The number of Topliss-reactive ketones (excluding diaryl/α,β-unsaturated/α-hetero) is 1. The van der Waals surface area contributed by atoms with E-state index in [4.69, 9.17) is 0 Å². The first kappa shape index (κ1) is 12.3. The zero-order valence-corrected chi connectivity index (χ0v) is 8.21. The van der Waals surface area contributed by atoms with Crippen LogP contribution in [0.3, 0.4) is 0 Å². The monoisotopic (exact) mass is 239 g/mol. The number of hydrogen-bond acceptors (Lipinski definition) is 4. The minimum atomic E-state index is -5.02. The standard InChI is InChI=1S/C8H8F3NO4/c1-15-7(14)12-2-3-16-5(4-12)6(13)8(9,10)11/h4H,2-3H2,1H3. The van der Waals surface area contributed by atoms with E-state index >= 15 is 0 Å². The van der Waals surface area contributed by atoms with Crippen LogP contribution in [0.25, 0.3) is 0 Å². The summed E-state index contributed by atoms with van der Waals surface area (Å²) in [4.78, 5) is 22.6. The van der Waals surface area contributed by atoms with E-state index in [1.54, 1.807) is 0 Å². The second-order valence-corrected chi connectivity index (χ2v) is 2.83. The van der Waals surface area contributed by atoms with E-state index in [1.807, 2.05) is 0 Å². The first-order chi connectivity index (χ1) is 7.36. The Kier molecular flexibility index (Phi) is 3.41. The summed E-state index contributed by atoms with van der Waals surface area (Å²) >= 11 is 0. The summed E-state index contributed by atoms with van der Waals surface area (Å²) < 4.78 is 44.9. The van der Waals surface area contributed by atoms with Gasteiger partial charge in [0, 0.05) is 0 Å². The molecule has 0 N–H and O–H groups in total. The highest BCUT2D eigenvalue weighted by Gasteiger charge is 2.43. The number of amides is 1. The van der Waals surface area contributed by atoms with Gasteiger partial charge in [0.2, 0.25) is 0 Å². The molecule has 1 rings (SSSR count). The lowest BCUT2D eigenvalue weighted by atomic mass is 10.3. The number of ketones is 1. The number of allylic oxidation sites excluding steroid dienone is 1. The third-order valence-electron chi connectivity index (χ3n) is 1.75. The summed E-state index contributed by atoms with van der Waals surface area (Å²) in [5.74, 6) is -3.04. The molecule has 16 heavy (non-hydrogen) atoms. The van der Waals surface area contributed by atoms with Crippen molar-refractivity contribution in [2.75, 3.05) is 20.3 Å². The van der Waals surface area contributed by atoms with Crippen molar-refractivity contribution in [3.63, 3.8) is 0 Å². The van der Waals surface area contributed by atoms with Crippen LogP contribution in [0.1, 0.15) is 0 Å². The fraction of sp³-hybridized carbons (Fsp3) is 0.500. The van der Waals surface area contributed by atoms with E-state index in [1.165, 1.54) is 0 Å². The quantitative estimate of drug-likeness (QED) is 0.686. The molecule has 1 aliphatic heterocycles. The van der Waals surface area contributed by atoms with Crippen LogP contribution in [0.15, 0.2) is 12.0 Å². The Morgan fingerprint density at radius 3 is 2.62 bits per heavy atom. The average molecular weight is 239 g/mol. The highest BCUT2D eigenvalue weighted by Crippen LogP contribution is 2.23. The van der Waals surface area contributed by atoms with Gasteiger partial charge in [-0.05, 0) is 0 Å². The van der Waals surface area contributed by atoms with Gasteiger partial charge in [0.05, 0.1) is 19.9 Å². The van der Waals surface area contributed by atoms with E-state index in [9.17, 15) is 22.8 Å². The molecule has 1 aliphatic rings. The summed E-state index contributed by atoms with van der Waals surface area (Å²) in [5.41, 5.74) is 0. The number of carbonyl (C=O) groups is 2. The first-order valence-electron chi connectivity index (χ1n) is 4.17. The van der Waals surface area contributed by atoms with E-state index in [2.05, 4.69) is 9.47 Å². The predicted molar refractivity (Wildman–Crippen MR) is 44.2 cm³/mol. The lowest BCUT2D eigenvalue weighted by molar-refractivity contribution is -0.170. The lowest BCUT2D eigenvalue weighted by Gasteiger charge is -2.23. The van der Waals surface area contributed by atoms with Gasteiger partial charge in [-0.3, -0.25) is 9.69 Å². The van der Waals surface area contributed by atoms with E-state index in [0.29, 0.717) is 6.20 Å². The van der Waals surface area contributed by atoms with Crippen molar-refractivity contribution in [2.45, 2.75) is 6.18 Å². The second kappa shape index (κ2) is 4.42. The van der Waals surface area contributed by atoms with E-state index in [0.717, 1.165) is 12.0 Å². The van der Waals surface area contributed by atoms with Crippen LogP contribution >= 0.6 is 0 Å². The molecule has 0 spiro atoms. The Bertz CT molecular complexity index is 337. The zero-order valence-electron chi connectivity index (χ0n) is 8.21. The SMILES string of the molecule is COC(=O)N1C=C(C(=O)C(F)(F)F)OCC1. The Hall–Kier alpha value is -1.73. The van der Waals surface area contributed by atoms with Gasteiger partial charge in [-0.25, -0.2) is 4.79 Å². The van der Waals surface area contributed by atoms with Crippen LogP contribution in [0.2, 0.25) is 0 Å². The Morgan fingerprint density at radius 1 is 1.50 bits per heavy atom. The van der Waals surface area contributed by atoms with Crippen molar-refractivity contribution in [1.29, 1.82) is 0 Å². The highest BCUT2D eigenvalue weighted by molar-refractivity contribution is 5.98. The summed E-state index contributed by atoms with van der Waals surface area (Å²) in [6.45, 7) is -0.163. The maximum atomic E-state index is 12.0. The summed E-state index contributed by atoms with van der Waals surface area (Å²) in [6.07, 6.45) is -5.19. The molecule has 1 heterocycles. The molecule has 0 aromatic carbocycles. The van der Waals surface area contributed by atoms with Gasteiger partial charge in [0.1, 0.15) is 6.61 Å². The number of hydrogen-bond donors (Lipinski definition) is 0. The van der Waals surface area contributed by atoms with Crippen molar-refractivity contribution in [3.8, 4) is 0 Å². The van der Waals surface area contributed by atoms with Crippen molar-refractivity contribution >= 4 is 11.9 Å². The molecule has 0 unspecified atom stereocenters. The third kappa shape index (κ3) is 2.65. The molecule has 0 aliphatic carbocycles. The van der Waals surface area contributed by atoms with Crippen LogP contribution in [-0.2, 0) is 14.3 Å². The lowest BCUT2D eigenvalue weighted by Crippen LogP contribution is -2.36. The van der Waals surface area contributed by atoms with Crippen molar-refractivity contribution in [3.05, 3.63) is 12.0 Å². The van der Waals surface area contributed by atoms with Gasteiger partial charge in [0.25, 0.3) is 0 Å². The number of nitrogens with zero attached hydrogens (tertiary/aromatic N) is 1. The maximum absolute atomic E-state index is 12.0. The molecule has 90 valence electrons. The third-order valence-corrected chi connectivity index (χ3v) is 1.75. The van der Waals surface area contributed by atoms with Crippen LogP contribution in [-0.4, -0.2) is 43.2 Å². The number of ether oxygens (including phenoxy) is 2. The fourth-order valence-corrected chi connectivity index (χ4v) is 1.02. The van der Waals surface area contributed by atoms with Gasteiger partial charge in [0.15, 0.2) is 5.76 Å². The van der Waals surface area contributed by atoms with Crippen LogP contribution < -0.4 is 0 Å². The molecule has 0 bridgehead atoms. The number of methoxy groups -OCH3 is 1. The molecule has 0 fully saturated rings. The molecule has 1 amide bonds. The molecule has 0 aromatic rings. The number of carbonyl (C=O) groups excluding carboxylic acids is 2. The Labute approximate surface area is 88.4 Å².